The third-order valence-corrected chi connectivity index (χ3v) is 6.77. The van der Waals surface area contributed by atoms with Gasteiger partial charge in [0.1, 0.15) is 5.75 Å². The van der Waals surface area contributed by atoms with Crippen LogP contribution in [0.2, 0.25) is 0 Å². The fourth-order valence-corrected chi connectivity index (χ4v) is 4.08. The van der Waals surface area contributed by atoms with Crippen molar-refractivity contribution in [2.45, 2.75) is 17.0 Å². The van der Waals surface area contributed by atoms with Crippen LogP contribution in [0.4, 0.5) is 0 Å². The number of fused-ring (bicyclic) bond motifs is 1. The summed E-state index contributed by atoms with van der Waals surface area (Å²) in [6.45, 7) is 1.72. The number of hydrogen-bond acceptors (Lipinski definition) is 3. The van der Waals surface area contributed by atoms with Crippen LogP contribution in [0.25, 0.3) is 10.8 Å². The van der Waals surface area contributed by atoms with Crippen LogP contribution in [0.5, 0.6) is 5.75 Å². The van der Waals surface area contributed by atoms with E-state index >= 15 is 0 Å². The highest BCUT2D eigenvalue weighted by molar-refractivity contribution is 9.09. The maximum atomic E-state index is 11.6. The molecule has 0 bridgehead atoms. The lowest BCUT2D eigenvalue weighted by Gasteiger charge is -2.17. The predicted octanol–water partition coefficient (Wildman–Crippen LogP) is 3.72. The van der Waals surface area contributed by atoms with Crippen LogP contribution < -0.4 is 4.74 Å². The Balaban J connectivity index is 2.42. The summed E-state index contributed by atoms with van der Waals surface area (Å²) in [4.78, 5) is -0.219. The van der Waals surface area contributed by atoms with Gasteiger partial charge in [-0.25, -0.2) is 8.42 Å². The molecule has 0 fully saturated rings. The van der Waals surface area contributed by atoms with Gasteiger partial charge in [-0.05, 0) is 41.5 Å². The molecule has 0 N–H and O–H groups in total. The first-order chi connectivity index (χ1) is 9.32. The van der Waals surface area contributed by atoms with Gasteiger partial charge in [-0.3, -0.25) is 0 Å². The number of methoxy groups -OCH3 is 1. The van der Waals surface area contributed by atoms with Crippen LogP contribution in [0.3, 0.4) is 0 Å². The van der Waals surface area contributed by atoms with Gasteiger partial charge in [0.2, 0.25) is 0 Å². The summed E-state index contributed by atoms with van der Waals surface area (Å²) < 4.78 is 28.5. The molecule has 2 atom stereocenters. The summed E-state index contributed by atoms with van der Waals surface area (Å²) in [5.41, 5.74) is 0.959. The second-order valence-electron chi connectivity index (χ2n) is 4.91. The van der Waals surface area contributed by atoms with Crippen molar-refractivity contribution in [2.75, 3.05) is 13.4 Å². The molecule has 0 amide bonds. The first-order valence-corrected chi connectivity index (χ1v) is 9.10. The van der Waals surface area contributed by atoms with Gasteiger partial charge < -0.3 is 4.74 Å². The summed E-state index contributed by atoms with van der Waals surface area (Å²) in [6.07, 6.45) is 1.26. The van der Waals surface area contributed by atoms with E-state index in [1.165, 1.54) is 6.26 Å². The molecule has 0 aliphatic heterocycles. The lowest BCUT2D eigenvalue weighted by atomic mass is 10.0. The Bertz CT molecular complexity index is 725. The molecule has 0 saturated carbocycles. The zero-order chi connectivity index (χ0) is 14.9. The molecule has 108 valence electrons. The minimum Gasteiger partial charge on any atom is -0.497 e. The summed E-state index contributed by atoms with van der Waals surface area (Å²) in [7, 11) is -1.44. The highest BCUT2D eigenvalue weighted by Gasteiger charge is 2.25. The minimum atomic E-state index is -3.08. The third-order valence-electron chi connectivity index (χ3n) is 3.48. The molecule has 2 rings (SSSR count). The van der Waals surface area contributed by atoms with Gasteiger partial charge in [0.15, 0.2) is 9.84 Å². The Hall–Kier alpha value is -1.07. The SMILES string of the molecule is COc1ccc2cc(C(Br)C(C)S(C)(=O)=O)ccc2c1. The molecule has 0 radical (unpaired) electrons. The van der Waals surface area contributed by atoms with E-state index in [2.05, 4.69) is 15.9 Å². The quantitative estimate of drug-likeness (QED) is 0.784. The van der Waals surface area contributed by atoms with Crippen molar-refractivity contribution in [3.63, 3.8) is 0 Å². The highest BCUT2D eigenvalue weighted by Crippen LogP contribution is 2.32. The van der Waals surface area contributed by atoms with Crippen LogP contribution >= 0.6 is 15.9 Å². The van der Waals surface area contributed by atoms with E-state index in [1.54, 1.807) is 14.0 Å². The van der Waals surface area contributed by atoms with Crippen molar-refractivity contribution in [2.24, 2.45) is 0 Å². The minimum absolute atomic E-state index is 0.219. The largest absolute Gasteiger partial charge is 0.497 e. The number of alkyl halides is 1. The highest BCUT2D eigenvalue weighted by atomic mass is 79.9. The standard InChI is InChI=1S/C15H17BrO3S/c1-10(20(3,17)18)15(16)13-5-4-12-9-14(19-2)7-6-11(12)8-13/h4-10,15H,1-3H3. The summed E-state index contributed by atoms with van der Waals surface area (Å²) >= 11 is 3.50. The van der Waals surface area contributed by atoms with Crippen molar-refractivity contribution in [3.8, 4) is 5.75 Å². The molecule has 0 spiro atoms. The second kappa shape index (κ2) is 5.74. The molecular weight excluding hydrogens is 340 g/mol. The Morgan fingerprint density at radius 2 is 1.70 bits per heavy atom. The fourth-order valence-electron chi connectivity index (χ4n) is 2.03. The number of ether oxygens (including phenoxy) is 1. The van der Waals surface area contributed by atoms with Crippen molar-refractivity contribution in [1.82, 2.24) is 0 Å². The first kappa shape index (κ1) is 15.3. The van der Waals surface area contributed by atoms with E-state index in [0.29, 0.717) is 0 Å². The summed E-state index contributed by atoms with van der Waals surface area (Å²) in [5.74, 6) is 0.810. The first-order valence-electron chi connectivity index (χ1n) is 6.23. The Labute approximate surface area is 128 Å². The molecule has 0 aromatic heterocycles. The molecule has 0 saturated heterocycles. The van der Waals surface area contributed by atoms with Gasteiger partial charge in [0.25, 0.3) is 0 Å². The monoisotopic (exact) mass is 356 g/mol. The average Bonchev–Trinajstić information content (AvgIpc) is 2.43. The number of sulfone groups is 1. The van der Waals surface area contributed by atoms with Gasteiger partial charge >= 0.3 is 0 Å². The van der Waals surface area contributed by atoms with Crippen molar-refractivity contribution >= 4 is 36.5 Å². The van der Waals surface area contributed by atoms with Gasteiger partial charge in [-0.2, -0.15) is 0 Å². The Kier molecular flexibility index (Phi) is 4.39. The summed E-state index contributed by atoms with van der Waals surface area (Å²) in [6, 6.07) is 11.8. The third kappa shape index (κ3) is 3.15. The maximum absolute atomic E-state index is 11.6. The molecule has 2 aromatic rings. The number of halogens is 1. The van der Waals surface area contributed by atoms with Crippen molar-refractivity contribution in [1.29, 1.82) is 0 Å². The second-order valence-corrected chi connectivity index (χ2v) is 8.30. The average molecular weight is 357 g/mol. The van der Waals surface area contributed by atoms with Gasteiger partial charge in [-0.1, -0.05) is 34.1 Å². The van der Waals surface area contributed by atoms with E-state index in [1.807, 2.05) is 36.4 Å². The molecule has 0 aliphatic rings. The molecule has 2 unspecified atom stereocenters. The van der Waals surface area contributed by atoms with E-state index < -0.39 is 15.1 Å². The van der Waals surface area contributed by atoms with Crippen molar-refractivity contribution < 1.29 is 13.2 Å². The number of rotatable bonds is 4. The van der Waals surface area contributed by atoms with Crippen molar-refractivity contribution in [3.05, 3.63) is 42.0 Å². The van der Waals surface area contributed by atoms with E-state index in [4.69, 9.17) is 4.74 Å². The molecule has 2 aromatic carbocycles. The van der Waals surface area contributed by atoms with Gasteiger partial charge in [-0.15, -0.1) is 0 Å². The van der Waals surface area contributed by atoms with E-state index in [9.17, 15) is 8.42 Å². The zero-order valence-corrected chi connectivity index (χ0v) is 14.0. The van der Waals surface area contributed by atoms with Gasteiger partial charge in [0.05, 0.1) is 17.2 Å². The fraction of sp³-hybridized carbons (Fsp3) is 0.333. The Morgan fingerprint density at radius 1 is 1.10 bits per heavy atom. The number of benzene rings is 2. The molecule has 3 nitrogen and oxygen atoms in total. The molecule has 0 aliphatic carbocycles. The van der Waals surface area contributed by atoms with E-state index in [0.717, 1.165) is 22.1 Å². The van der Waals surface area contributed by atoms with Crippen LogP contribution in [0.1, 0.15) is 17.3 Å². The van der Waals surface area contributed by atoms with Crippen LogP contribution in [-0.4, -0.2) is 27.0 Å². The Morgan fingerprint density at radius 3 is 2.30 bits per heavy atom. The molecule has 5 heteroatoms. The van der Waals surface area contributed by atoms with Crippen LogP contribution in [0, 0.1) is 0 Å². The lowest BCUT2D eigenvalue weighted by Crippen LogP contribution is -2.20. The zero-order valence-electron chi connectivity index (χ0n) is 11.6. The molecule has 0 heterocycles. The summed E-state index contributed by atoms with van der Waals surface area (Å²) in [5, 5.41) is 1.66. The smallest absolute Gasteiger partial charge is 0.151 e. The molecule has 20 heavy (non-hydrogen) atoms. The predicted molar refractivity (Wildman–Crippen MR) is 86.5 cm³/mol. The van der Waals surface area contributed by atoms with Crippen LogP contribution in [-0.2, 0) is 9.84 Å². The van der Waals surface area contributed by atoms with Crippen LogP contribution in [0.15, 0.2) is 36.4 Å². The lowest BCUT2D eigenvalue weighted by molar-refractivity contribution is 0.415. The normalized spacial score (nSPS) is 15.0. The van der Waals surface area contributed by atoms with E-state index in [-0.39, 0.29) is 4.83 Å². The topological polar surface area (TPSA) is 43.4 Å². The number of hydrogen-bond donors (Lipinski definition) is 0. The maximum Gasteiger partial charge on any atom is 0.151 e. The molecular formula is C15H17BrO3S. The van der Waals surface area contributed by atoms with Gasteiger partial charge in [0, 0.05) is 6.26 Å².